The highest BCUT2D eigenvalue weighted by atomic mass is 16.4. The zero-order chi connectivity index (χ0) is 9.02. The Morgan fingerprint density at radius 1 is 1.36 bits per heavy atom. The van der Waals surface area contributed by atoms with Crippen molar-refractivity contribution < 1.29 is 15.3 Å². The summed E-state index contributed by atoms with van der Waals surface area (Å²) in [7, 11) is 0. The molecule has 4 heteroatoms. The Labute approximate surface area is 66.0 Å². The first kappa shape index (κ1) is 10.6. The molecule has 0 aromatic carbocycles. The zero-order valence-corrected chi connectivity index (χ0v) is 6.78. The van der Waals surface area contributed by atoms with Gasteiger partial charge in [-0.05, 0) is 5.92 Å². The minimum Gasteiger partial charge on any atom is -0.394 e. The fraction of sp³-hybridized carbons (Fsp3) is 0.857. The summed E-state index contributed by atoms with van der Waals surface area (Å²) in [5, 5.41) is 33.7. The van der Waals surface area contributed by atoms with Gasteiger partial charge in [-0.15, -0.1) is 0 Å². The fourth-order valence-electron chi connectivity index (χ4n) is 0.649. The van der Waals surface area contributed by atoms with Crippen LogP contribution < -0.4 is 0 Å². The normalized spacial score (nSPS) is 16.5. The zero-order valence-electron chi connectivity index (χ0n) is 6.78. The molecule has 0 rings (SSSR count). The van der Waals surface area contributed by atoms with Crippen molar-refractivity contribution >= 4 is 5.71 Å². The van der Waals surface area contributed by atoms with Crippen molar-refractivity contribution in [2.45, 2.75) is 26.1 Å². The Morgan fingerprint density at radius 3 is 2.09 bits per heavy atom. The molecule has 0 radical (unpaired) electrons. The molecule has 0 aromatic rings. The highest BCUT2D eigenvalue weighted by molar-refractivity contribution is 5.87. The van der Waals surface area contributed by atoms with Gasteiger partial charge in [-0.1, -0.05) is 13.8 Å². The molecule has 0 aliphatic heterocycles. The van der Waals surface area contributed by atoms with Crippen LogP contribution in [0.25, 0.3) is 0 Å². The Kier molecular flexibility index (Phi) is 4.25. The largest absolute Gasteiger partial charge is 0.394 e. The average Bonchev–Trinajstić information content (AvgIpc) is 2.00. The van der Waals surface area contributed by atoms with Crippen molar-refractivity contribution in [3.63, 3.8) is 0 Å². The maximum Gasteiger partial charge on any atom is 0.120 e. The third-order valence-electron chi connectivity index (χ3n) is 1.49. The smallest absolute Gasteiger partial charge is 0.120 e. The van der Waals surface area contributed by atoms with E-state index in [0.29, 0.717) is 0 Å². The average molecular weight is 161 g/mol. The van der Waals surface area contributed by atoms with Gasteiger partial charge in [-0.25, -0.2) is 0 Å². The Bertz CT molecular complexity index is 136. The molecule has 0 amide bonds. The number of aliphatic hydroxyl groups is 3. The summed E-state index contributed by atoms with van der Waals surface area (Å²) < 4.78 is 0. The number of nitrogens with one attached hydrogen (secondary N) is 1. The van der Waals surface area contributed by atoms with Gasteiger partial charge in [-0.3, -0.25) is 0 Å². The SMILES string of the molecule is CC(C)C(=N)C(O)C(O)CO. The molecule has 2 unspecified atom stereocenters. The van der Waals surface area contributed by atoms with E-state index in [9.17, 15) is 0 Å². The molecule has 0 spiro atoms. The molecule has 11 heavy (non-hydrogen) atoms. The lowest BCUT2D eigenvalue weighted by molar-refractivity contribution is 0.0163. The quantitative estimate of drug-likeness (QED) is 0.414. The Morgan fingerprint density at radius 2 is 1.82 bits per heavy atom. The van der Waals surface area contributed by atoms with Gasteiger partial charge in [0.05, 0.1) is 6.61 Å². The fourth-order valence-corrected chi connectivity index (χ4v) is 0.649. The molecule has 0 aliphatic carbocycles. The first-order chi connectivity index (χ1) is 5.00. The topological polar surface area (TPSA) is 84.5 Å². The van der Waals surface area contributed by atoms with E-state index in [2.05, 4.69) is 0 Å². The first-order valence-electron chi connectivity index (χ1n) is 3.56. The number of aliphatic hydroxyl groups excluding tert-OH is 3. The maximum absolute atomic E-state index is 9.12. The van der Waals surface area contributed by atoms with Crippen LogP contribution in [0.15, 0.2) is 0 Å². The Balaban J connectivity index is 4.02. The van der Waals surface area contributed by atoms with Crippen LogP contribution in [0.4, 0.5) is 0 Å². The van der Waals surface area contributed by atoms with Crippen molar-refractivity contribution in [3.8, 4) is 0 Å². The van der Waals surface area contributed by atoms with Crippen LogP contribution in [0.5, 0.6) is 0 Å². The lowest BCUT2D eigenvalue weighted by atomic mass is 9.99. The maximum atomic E-state index is 9.12. The lowest BCUT2D eigenvalue weighted by Crippen LogP contribution is -2.38. The van der Waals surface area contributed by atoms with E-state index in [4.69, 9.17) is 20.7 Å². The van der Waals surface area contributed by atoms with Gasteiger partial charge in [0.15, 0.2) is 0 Å². The van der Waals surface area contributed by atoms with Crippen LogP contribution >= 0.6 is 0 Å². The predicted octanol–water partition coefficient (Wildman–Crippen LogP) is -0.624. The lowest BCUT2D eigenvalue weighted by Gasteiger charge is -2.18. The number of hydrogen-bond donors (Lipinski definition) is 4. The van der Waals surface area contributed by atoms with E-state index in [-0.39, 0.29) is 11.6 Å². The van der Waals surface area contributed by atoms with Crippen LogP contribution in [0.2, 0.25) is 0 Å². The Hall–Kier alpha value is -0.450. The molecule has 0 aromatic heterocycles. The van der Waals surface area contributed by atoms with Gasteiger partial charge in [-0.2, -0.15) is 0 Å². The van der Waals surface area contributed by atoms with Gasteiger partial charge >= 0.3 is 0 Å². The summed E-state index contributed by atoms with van der Waals surface area (Å²) in [6, 6.07) is 0. The van der Waals surface area contributed by atoms with Gasteiger partial charge < -0.3 is 20.7 Å². The van der Waals surface area contributed by atoms with Crippen molar-refractivity contribution in [1.29, 1.82) is 5.41 Å². The van der Waals surface area contributed by atoms with Crippen molar-refractivity contribution in [2.75, 3.05) is 6.61 Å². The van der Waals surface area contributed by atoms with Crippen molar-refractivity contribution in [3.05, 3.63) is 0 Å². The van der Waals surface area contributed by atoms with E-state index in [1.165, 1.54) is 0 Å². The number of hydrogen-bond acceptors (Lipinski definition) is 4. The number of rotatable bonds is 4. The van der Waals surface area contributed by atoms with Crippen molar-refractivity contribution in [2.24, 2.45) is 5.92 Å². The third-order valence-corrected chi connectivity index (χ3v) is 1.49. The highest BCUT2D eigenvalue weighted by Crippen LogP contribution is 2.03. The van der Waals surface area contributed by atoms with E-state index in [1.54, 1.807) is 13.8 Å². The first-order valence-corrected chi connectivity index (χ1v) is 3.56. The van der Waals surface area contributed by atoms with Crippen LogP contribution in [0, 0.1) is 11.3 Å². The summed E-state index contributed by atoms with van der Waals surface area (Å²) in [4.78, 5) is 0. The molecular weight excluding hydrogens is 146 g/mol. The molecule has 0 heterocycles. The second kappa shape index (κ2) is 4.43. The van der Waals surface area contributed by atoms with Crippen LogP contribution in [0.3, 0.4) is 0 Å². The molecule has 0 saturated heterocycles. The van der Waals surface area contributed by atoms with Crippen LogP contribution in [0.1, 0.15) is 13.8 Å². The standard InChI is InChI=1S/C7H15NO3/c1-4(2)6(8)7(11)5(10)3-9/h4-5,7-11H,3H2,1-2H3. The monoisotopic (exact) mass is 161 g/mol. The minimum atomic E-state index is -1.24. The minimum absolute atomic E-state index is 0.0477. The van der Waals surface area contributed by atoms with Crippen molar-refractivity contribution in [1.82, 2.24) is 0 Å². The third kappa shape index (κ3) is 2.96. The predicted molar refractivity (Wildman–Crippen MR) is 41.7 cm³/mol. The summed E-state index contributed by atoms with van der Waals surface area (Å²) in [5.74, 6) is -0.105. The van der Waals surface area contributed by atoms with E-state index >= 15 is 0 Å². The van der Waals surface area contributed by atoms with E-state index in [0.717, 1.165) is 0 Å². The van der Waals surface area contributed by atoms with Gasteiger partial charge in [0.1, 0.15) is 12.2 Å². The summed E-state index contributed by atoms with van der Waals surface area (Å²) in [5.41, 5.74) is 0.0477. The molecule has 0 fully saturated rings. The second-order valence-electron chi connectivity index (χ2n) is 2.80. The molecule has 0 saturated carbocycles. The molecule has 0 bridgehead atoms. The molecule has 4 N–H and O–H groups in total. The van der Waals surface area contributed by atoms with Gasteiger partial charge in [0, 0.05) is 5.71 Å². The summed E-state index contributed by atoms with van der Waals surface area (Å²) >= 11 is 0. The highest BCUT2D eigenvalue weighted by Gasteiger charge is 2.21. The summed E-state index contributed by atoms with van der Waals surface area (Å²) in [6.07, 6.45) is -2.47. The van der Waals surface area contributed by atoms with Crippen LogP contribution in [-0.2, 0) is 0 Å². The molecular formula is C7H15NO3. The van der Waals surface area contributed by atoms with Gasteiger partial charge in [0.25, 0.3) is 0 Å². The second-order valence-corrected chi connectivity index (χ2v) is 2.80. The molecule has 66 valence electrons. The molecule has 4 nitrogen and oxygen atoms in total. The molecule has 2 atom stereocenters. The molecule has 0 aliphatic rings. The van der Waals surface area contributed by atoms with E-state index in [1.807, 2.05) is 0 Å². The summed E-state index contributed by atoms with van der Waals surface area (Å²) in [6.45, 7) is 2.97. The van der Waals surface area contributed by atoms with Crippen LogP contribution in [-0.4, -0.2) is 39.8 Å². The van der Waals surface area contributed by atoms with Gasteiger partial charge in [0.2, 0.25) is 0 Å². The van der Waals surface area contributed by atoms with E-state index < -0.39 is 18.8 Å².